The van der Waals surface area contributed by atoms with Crippen molar-refractivity contribution in [1.82, 2.24) is 0 Å². The van der Waals surface area contributed by atoms with Gasteiger partial charge in [0.25, 0.3) is 0 Å². The van der Waals surface area contributed by atoms with Crippen LogP contribution in [0.15, 0.2) is 60.7 Å². The number of ketones is 1. The Labute approximate surface area is 164 Å². The molecule has 27 heavy (non-hydrogen) atoms. The SMILES string of the molecule is CCC(CCCC(=O)C1(c2ccccc2)CCCC1)OCc1ccccc1. The lowest BCUT2D eigenvalue weighted by Crippen LogP contribution is -2.33. The standard InChI is InChI=1S/C25H32O2/c1-2-23(27-20-21-12-5-3-6-13-21)16-11-17-24(26)25(18-9-10-19-25)22-14-7-4-8-15-22/h3-8,12-15,23H,2,9-11,16-20H2,1H3. The molecular weight excluding hydrogens is 332 g/mol. The van der Waals surface area contributed by atoms with E-state index in [1.54, 1.807) is 0 Å². The second-order valence-corrected chi connectivity index (χ2v) is 7.80. The Morgan fingerprint density at radius 2 is 1.63 bits per heavy atom. The van der Waals surface area contributed by atoms with Crippen molar-refractivity contribution in [2.75, 3.05) is 0 Å². The zero-order valence-electron chi connectivity index (χ0n) is 16.5. The van der Waals surface area contributed by atoms with Crippen molar-refractivity contribution in [2.24, 2.45) is 0 Å². The minimum absolute atomic E-state index is 0.228. The van der Waals surface area contributed by atoms with Crippen LogP contribution in [0.1, 0.15) is 69.4 Å². The van der Waals surface area contributed by atoms with Gasteiger partial charge in [-0.1, -0.05) is 80.4 Å². The number of hydrogen-bond acceptors (Lipinski definition) is 2. The van der Waals surface area contributed by atoms with Crippen LogP contribution in [0.4, 0.5) is 0 Å². The van der Waals surface area contributed by atoms with Gasteiger partial charge in [-0.2, -0.15) is 0 Å². The van der Waals surface area contributed by atoms with Gasteiger partial charge in [0.2, 0.25) is 0 Å². The summed E-state index contributed by atoms with van der Waals surface area (Å²) in [6.07, 6.45) is 8.12. The van der Waals surface area contributed by atoms with Crippen molar-refractivity contribution in [3.8, 4) is 0 Å². The van der Waals surface area contributed by atoms with E-state index in [2.05, 4.69) is 43.3 Å². The summed E-state index contributed by atoms with van der Waals surface area (Å²) in [5, 5.41) is 0. The van der Waals surface area contributed by atoms with Crippen LogP contribution < -0.4 is 0 Å². The van der Waals surface area contributed by atoms with Crippen LogP contribution in [0, 0.1) is 0 Å². The van der Waals surface area contributed by atoms with Gasteiger partial charge in [-0.25, -0.2) is 0 Å². The smallest absolute Gasteiger partial charge is 0.143 e. The normalized spacial score (nSPS) is 16.9. The van der Waals surface area contributed by atoms with Gasteiger partial charge in [-0.15, -0.1) is 0 Å². The predicted octanol–water partition coefficient (Wildman–Crippen LogP) is 6.23. The molecular formula is C25H32O2. The molecule has 1 aliphatic rings. The van der Waals surface area contributed by atoms with Gasteiger partial charge < -0.3 is 4.74 Å². The molecule has 0 amide bonds. The van der Waals surface area contributed by atoms with Gasteiger partial charge in [-0.05, 0) is 43.2 Å². The first-order valence-corrected chi connectivity index (χ1v) is 10.5. The molecule has 1 atom stereocenters. The Bertz CT molecular complexity index is 687. The highest BCUT2D eigenvalue weighted by Gasteiger charge is 2.41. The largest absolute Gasteiger partial charge is 0.374 e. The molecule has 0 heterocycles. The summed E-state index contributed by atoms with van der Waals surface area (Å²) in [6.45, 7) is 2.82. The van der Waals surface area contributed by atoms with E-state index in [1.807, 2.05) is 24.3 Å². The molecule has 0 radical (unpaired) electrons. The van der Waals surface area contributed by atoms with Crippen LogP contribution in [0.25, 0.3) is 0 Å². The summed E-state index contributed by atoms with van der Waals surface area (Å²) in [5.41, 5.74) is 2.20. The fourth-order valence-corrected chi connectivity index (χ4v) is 4.39. The summed E-state index contributed by atoms with van der Waals surface area (Å²) in [6, 6.07) is 20.7. The lowest BCUT2D eigenvalue weighted by molar-refractivity contribution is -0.124. The third-order valence-corrected chi connectivity index (χ3v) is 6.03. The molecule has 2 nitrogen and oxygen atoms in total. The molecule has 0 N–H and O–H groups in total. The third kappa shape index (κ3) is 5.07. The lowest BCUT2D eigenvalue weighted by atomic mass is 9.74. The summed E-state index contributed by atoms with van der Waals surface area (Å²) >= 11 is 0. The number of carbonyl (C=O) groups excluding carboxylic acids is 1. The third-order valence-electron chi connectivity index (χ3n) is 6.03. The van der Waals surface area contributed by atoms with Crippen LogP contribution in [0.2, 0.25) is 0 Å². The summed E-state index contributed by atoms with van der Waals surface area (Å²) in [7, 11) is 0. The van der Waals surface area contributed by atoms with E-state index in [4.69, 9.17) is 4.74 Å². The monoisotopic (exact) mass is 364 g/mol. The summed E-state index contributed by atoms with van der Waals surface area (Å²) < 4.78 is 6.08. The second-order valence-electron chi connectivity index (χ2n) is 7.80. The Balaban J connectivity index is 1.51. The molecule has 1 unspecified atom stereocenters. The fraction of sp³-hybridized carbons (Fsp3) is 0.480. The Morgan fingerprint density at radius 3 is 2.26 bits per heavy atom. The van der Waals surface area contributed by atoms with Crippen molar-refractivity contribution in [1.29, 1.82) is 0 Å². The van der Waals surface area contributed by atoms with Gasteiger partial charge in [0, 0.05) is 6.42 Å². The second kappa shape index (κ2) is 9.85. The number of rotatable bonds is 10. The van der Waals surface area contributed by atoms with Crippen LogP contribution >= 0.6 is 0 Å². The lowest BCUT2D eigenvalue weighted by Gasteiger charge is -2.28. The zero-order chi connectivity index (χ0) is 19.0. The van der Waals surface area contributed by atoms with E-state index < -0.39 is 0 Å². The van der Waals surface area contributed by atoms with E-state index in [-0.39, 0.29) is 11.5 Å². The van der Waals surface area contributed by atoms with E-state index in [1.165, 1.54) is 24.0 Å². The number of Topliss-reactive ketones (excluding diaryl/α,β-unsaturated/α-hetero) is 1. The molecule has 1 fully saturated rings. The van der Waals surface area contributed by atoms with Gasteiger partial charge in [-0.3, -0.25) is 4.79 Å². The molecule has 3 rings (SSSR count). The van der Waals surface area contributed by atoms with Crippen molar-refractivity contribution in [3.05, 3.63) is 71.8 Å². The first kappa shape index (κ1) is 19.8. The number of hydrogen-bond donors (Lipinski definition) is 0. The molecule has 0 bridgehead atoms. The first-order valence-electron chi connectivity index (χ1n) is 10.5. The maximum absolute atomic E-state index is 13.2. The van der Waals surface area contributed by atoms with Crippen LogP contribution in [-0.2, 0) is 21.6 Å². The molecule has 0 aromatic heterocycles. The highest BCUT2D eigenvalue weighted by atomic mass is 16.5. The summed E-state index contributed by atoms with van der Waals surface area (Å²) in [5.74, 6) is 0.434. The maximum atomic E-state index is 13.2. The average molecular weight is 365 g/mol. The number of ether oxygens (including phenoxy) is 1. The molecule has 2 heteroatoms. The van der Waals surface area contributed by atoms with Gasteiger partial charge in [0.05, 0.1) is 18.1 Å². The highest BCUT2D eigenvalue weighted by Crippen LogP contribution is 2.42. The van der Waals surface area contributed by atoms with E-state index in [0.717, 1.165) is 32.1 Å². The molecule has 2 aromatic carbocycles. The van der Waals surface area contributed by atoms with Crippen LogP contribution in [0.5, 0.6) is 0 Å². The minimum atomic E-state index is -0.228. The van der Waals surface area contributed by atoms with Crippen LogP contribution in [-0.4, -0.2) is 11.9 Å². The van der Waals surface area contributed by atoms with E-state index in [9.17, 15) is 4.79 Å². The zero-order valence-corrected chi connectivity index (χ0v) is 16.5. The van der Waals surface area contributed by atoms with Crippen molar-refractivity contribution in [3.63, 3.8) is 0 Å². The predicted molar refractivity (Wildman–Crippen MR) is 111 cm³/mol. The van der Waals surface area contributed by atoms with Crippen molar-refractivity contribution >= 4 is 5.78 Å². The molecule has 0 spiro atoms. The van der Waals surface area contributed by atoms with Gasteiger partial charge in [0.1, 0.15) is 5.78 Å². The fourth-order valence-electron chi connectivity index (χ4n) is 4.39. The average Bonchev–Trinajstić information content (AvgIpc) is 3.23. The molecule has 1 aliphatic carbocycles. The van der Waals surface area contributed by atoms with Gasteiger partial charge >= 0.3 is 0 Å². The maximum Gasteiger partial charge on any atom is 0.143 e. The van der Waals surface area contributed by atoms with Crippen molar-refractivity contribution in [2.45, 2.75) is 76.4 Å². The Morgan fingerprint density at radius 1 is 1.00 bits per heavy atom. The molecule has 1 saturated carbocycles. The number of carbonyl (C=O) groups is 1. The molecule has 144 valence electrons. The van der Waals surface area contributed by atoms with Crippen molar-refractivity contribution < 1.29 is 9.53 Å². The molecule has 0 saturated heterocycles. The Kier molecular flexibility index (Phi) is 7.23. The van der Waals surface area contributed by atoms with Crippen LogP contribution in [0.3, 0.4) is 0 Å². The van der Waals surface area contributed by atoms with E-state index in [0.29, 0.717) is 18.8 Å². The molecule has 2 aromatic rings. The van der Waals surface area contributed by atoms with E-state index >= 15 is 0 Å². The minimum Gasteiger partial charge on any atom is -0.374 e. The van der Waals surface area contributed by atoms with Gasteiger partial charge in [0.15, 0.2) is 0 Å². The molecule has 0 aliphatic heterocycles. The number of benzene rings is 2. The quantitative estimate of drug-likeness (QED) is 0.499. The topological polar surface area (TPSA) is 26.3 Å². The highest BCUT2D eigenvalue weighted by molar-refractivity contribution is 5.90. The summed E-state index contributed by atoms with van der Waals surface area (Å²) in [4.78, 5) is 13.2. The Hall–Kier alpha value is -1.93. The first-order chi connectivity index (χ1) is 13.2.